The van der Waals surface area contributed by atoms with E-state index in [1.54, 1.807) is 23.9 Å². The molecule has 2 N–H and O–H groups in total. The van der Waals surface area contributed by atoms with Crippen molar-refractivity contribution in [2.24, 2.45) is 7.05 Å². The lowest BCUT2D eigenvalue weighted by atomic mass is 10.1. The van der Waals surface area contributed by atoms with Crippen LogP contribution >= 0.6 is 0 Å². The Morgan fingerprint density at radius 1 is 1.24 bits per heavy atom. The van der Waals surface area contributed by atoms with Crippen molar-refractivity contribution in [3.63, 3.8) is 0 Å². The van der Waals surface area contributed by atoms with Gasteiger partial charge in [-0.25, -0.2) is 9.97 Å². The van der Waals surface area contributed by atoms with Gasteiger partial charge in [-0.15, -0.1) is 0 Å². The molecule has 0 saturated carbocycles. The van der Waals surface area contributed by atoms with Crippen molar-refractivity contribution in [2.75, 3.05) is 5.32 Å². The second kappa shape index (κ2) is 7.20. The van der Waals surface area contributed by atoms with Crippen LogP contribution in [0.25, 0.3) is 22.2 Å². The first kappa shape index (κ1) is 20.0. The molecule has 0 aliphatic carbocycles. The fourth-order valence-corrected chi connectivity index (χ4v) is 4.09. The Hall–Kier alpha value is -4.60. The van der Waals surface area contributed by atoms with E-state index in [1.165, 1.54) is 23.1 Å². The Balaban J connectivity index is 1.36. The summed E-state index contributed by atoms with van der Waals surface area (Å²) in [5.74, 6) is -1.74. The van der Waals surface area contributed by atoms with Crippen LogP contribution in [0.5, 0.6) is 11.5 Å². The van der Waals surface area contributed by atoms with E-state index in [-0.39, 0.29) is 29.2 Å². The molecule has 34 heavy (non-hydrogen) atoms. The maximum atomic E-state index is 14.2. The second-order valence-corrected chi connectivity index (χ2v) is 7.93. The van der Waals surface area contributed by atoms with Gasteiger partial charge in [-0.05, 0) is 12.5 Å². The van der Waals surface area contributed by atoms with E-state index in [0.717, 1.165) is 5.39 Å². The highest BCUT2D eigenvalue weighted by Crippen LogP contribution is 2.38. The van der Waals surface area contributed by atoms with Crippen LogP contribution in [0.3, 0.4) is 0 Å². The monoisotopic (exact) mass is 462 g/mol. The quantitative estimate of drug-likeness (QED) is 0.412. The summed E-state index contributed by atoms with van der Waals surface area (Å²) in [6.45, 7) is 0.426. The number of nitrogens with one attached hydrogen (secondary N) is 2. The molecule has 0 spiro atoms. The number of anilines is 2. The third-order valence-corrected chi connectivity index (χ3v) is 5.73. The minimum atomic E-state index is -2.92. The van der Waals surface area contributed by atoms with Crippen LogP contribution in [0.15, 0.2) is 30.7 Å². The molecule has 6 heterocycles. The summed E-state index contributed by atoms with van der Waals surface area (Å²) in [5.41, 5.74) is 1.43. The number of aromatic amines is 1. The number of hydrogen-bond donors (Lipinski definition) is 2. The van der Waals surface area contributed by atoms with Gasteiger partial charge in [0.15, 0.2) is 22.9 Å². The SMILES string of the molecule is Cn1c(Nc2cc3n(n2)CCCC3(F)F)nc2ncc(Oc3cnc4[nH]ncc4c3)c(C#N)c21. The zero-order valence-electron chi connectivity index (χ0n) is 17.7. The standard InChI is InChI=1S/C21H16F2N10O/c1-32-17-13(7-24)14(34-12-5-11-8-27-30-18(11)25-9-12)10-26-19(17)29-20(32)28-16-6-15-21(22,23)3-2-4-33(15)31-16/h5-6,8-10H,2-4H2,1H3,(H,25,27,30)(H,26,28,29,31). The first-order valence-corrected chi connectivity index (χ1v) is 10.4. The van der Waals surface area contributed by atoms with Crippen LogP contribution in [-0.4, -0.2) is 39.5 Å². The molecular formula is C21H16F2N10O. The van der Waals surface area contributed by atoms with Gasteiger partial charge in [0.05, 0.1) is 18.6 Å². The molecular weight excluding hydrogens is 446 g/mol. The smallest absolute Gasteiger partial charge is 0.289 e. The number of ether oxygens (including phenoxy) is 1. The summed E-state index contributed by atoms with van der Waals surface area (Å²) in [7, 11) is 1.69. The highest BCUT2D eigenvalue weighted by molar-refractivity contribution is 5.84. The molecule has 1 aliphatic heterocycles. The van der Waals surface area contributed by atoms with Crippen molar-refractivity contribution < 1.29 is 13.5 Å². The van der Waals surface area contributed by atoms with E-state index in [9.17, 15) is 14.0 Å². The highest BCUT2D eigenvalue weighted by Gasteiger charge is 2.38. The molecule has 11 nitrogen and oxygen atoms in total. The number of nitriles is 1. The summed E-state index contributed by atoms with van der Waals surface area (Å²) in [5, 5.41) is 24.5. The minimum Gasteiger partial charge on any atom is -0.453 e. The zero-order valence-corrected chi connectivity index (χ0v) is 17.7. The van der Waals surface area contributed by atoms with E-state index in [4.69, 9.17) is 4.74 Å². The van der Waals surface area contributed by atoms with Crippen molar-refractivity contribution in [2.45, 2.75) is 25.3 Å². The predicted octanol–water partition coefficient (Wildman–Crippen LogP) is 3.73. The Morgan fingerprint density at radius 2 is 2.12 bits per heavy atom. The van der Waals surface area contributed by atoms with Crippen LogP contribution in [0, 0.1) is 11.3 Å². The van der Waals surface area contributed by atoms with E-state index >= 15 is 0 Å². The molecule has 0 saturated heterocycles. The molecule has 170 valence electrons. The summed E-state index contributed by atoms with van der Waals surface area (Å²) in [6.07, 6.45) is 4.69. The van der Waals surface area contributed by atoms with Gasteiger partial charge in [0.1, 0.15) is 28.6 Å². The van der Waals surface area contributed by atoms with Gasteiger partial charge in [0, 0.05) is 31.5 Å². The molecule has 13 heteroatoms. The number of nitrogens with zero attached hydrogens (tertiary/aromatic N) is 8. The molecule has 5 aromatic rings. The Bertz CT molecular complexity index is 1610. The van der Waals surface area contributed by atoms with Crippen molar-refractivity contribution in [3.8, 4) is 17.6 Å². The van der Waals surface area contributed by atoms with Gasteiger partial charge >= 0.3 is 0 Å². The van der Waals surface area contributed by atoms with Crippen LogP contribution in [0.2, 0.25) is 0 Å². The fourth-order valence-electron chi connectivity index (χ4n) is 4.09. The van der Waals surface area contributed by atoms with Crippen LogP contribution in [0.4, 0.5) is 20.5 Å². The van der Waals surface area contributed by atoms with E-state index in [0.29, 0.717) is 41.5 Å². The van der Waals surface area contributed by atoms with Gasteiger partial charge in [0.2, 0.25) is 5.95 Å². The van der Waals surface area contributed by atoms with E-state index in [2.05, 4.69) is 41.6 Å². The number of pyridine rings is 2. The molecule has 0 radical (unpaired) electrons. The van der Waals surface area contributed by atoms with Gasteiger partial charge in [-0.2, -0.15) is 29.2 Å². The molecule has 5 aromatic heterocycles. The Kier molecular flexibility index (Phi) is 4.25. The molecule has 6 rings (SSSR count). The van der Waals surface area contributed by atoms with Crippen molar-refractivity contribution in [1.82, 2.24) is 39.5 Å². The van der Waals surface area contributed by atoms with E-state index in [1.807, 2.05) is 0 Å². The Morgan fingerprint density at radius 3 is 2.94 bits per heavy atom. The van der Waals surface area contributed by atoms with Crippen LogP contribution < -0.4 is 10.1 Å². The largest absolute Gasteiger partial charge is 0.453 e. The zero-order chi connectivity index (χ0) is 23.4. The number of aryl methyl sites for hydroxylation is 2. The first-order valence-electron chi connectivity index (χ1n) is 10.4. The average molecular weight is 462 g/mol. The molecule has 0 aromatic carbocycles. The number of halogens is 2. The summed E-state index contributed by atoms with van der Waals surface area (Å²) < 4.78 is 37.2. The summed E-state index contributed by atoms with van der Waals surface area (Å²) >= 11 is 0. The lowest BCUT2D eigenvalue weighted by Gasteiger charge is -2.22. The van der Waals surface area contributed by atoms with Crippen molar-refractivity contribution in [1.29, 1.82) is 5.26 Å². The van der Waals surface area contributed by atoms with Gasteiger partial charge in [0.25, 0.3) is 5.92 Å². The minimum absolute atomic E-state index is 0.130. The normalized spacial score (nSPS) is 14.8. The predicted molar refractivity (Wildman–Crippen MR) is 116 cm³/mol. The molecule has 0 fully saturated rings. The molecule has 0 unspecified atom stereocenters. The van der Waals surface area contributed by atoms with Crippen LogP contribution in [-0.2, 0) is 19.5 Å². The Labute approximate surface area is 190 Å². The lowest BCUT2D eigenvalue weighted by Crippen LogP contribution is -2.25. The topological polar surface area (TPSA) is 135 Å². The molecule has 0 bridgehead atoms. The summed E-state index contributed by atoms with van der Waals surface area (Å²) in [4.78, 5) is 13.0. The van der Waals surface area contributed by atoms with Crippen LogP contribution in [0.1, 0.15) is 24.1 Å². The second-order valence-electron chi connectivity index (χ2n) is 7.93. The average Bonchev–Trinajstić information content (AvgIpc) is 3.52. The summed E-state index contributed by atoms with van der Waals surface area (Å²) in [6, 6.07) is 5.21. The number of hydrogen-bond acceptors (Lipinski definition) is 8. The van der Waals surface area contributed by atoms with Crippen molar-refractivity contribution >= 4 is 34.0 Å². The molecule has 0 atom stereocenters. The van der Waals surface area contributed by atoms with Gasteiger partial charge in [-0.1, -0.05) is 0 Å². The maximum absolute atomic E-state index is 14.2. The lowest BCUT2D eigenvalue weighted by molar-refractivity contribution is -0.0364. The van der Waals surface area contributed by atoms with E-state index < -0.39 is 5.92 Å². The number of fused-ring (bicyclic) bond motifs is 3. The highest BCUT2D eigenvalue weighted by atomic mass is 19.3. The third kappa shape index (κ3) is 3.11. The molecule has 1 aliphatic rings. The van der Waals surface area contributed by atoms with Gasteiger partial charge < -0.3 is 14.6 Å². The first-order chi connectivity index (χ1) is 16.4. The number of alkyl halides is 2. The number of aromatic nitrogens is 8. The number of H-pyrrole nitrogens is 1. The number of imidazole rings is 1. The van der Waals surface area contributed by atoms with Gasteiger partial charge in [-0.3, -0.25) is 9.78 Å². The number of rotatable bonds is 4. The third-order valence-electron chi connectivity index (χ3n) is 5.73. The maximum Gasteiger partial charge on any atom is 0.289 e. The fraction of sp³-hybridized carbons (Fsp3) is 0.238. The molecule has 0 amide bonds. The van der Waals surface area contributed by atoms with Crippen molar-refractivity contribution in [3.05, 3.63) is 42.0 Å².